The van der Waals surface area contributed by atoms with Gasteiger partial charge in [0.05, 0.1) is 11.0 Å². The molecule has 2 aromatic rings. The van der Waals surface area contributed by atoms with Crippen LogP contribution in [0.2, 0.25) is 5.28 Å². The molecule has 0 fully saturated rings. The summed E-state index contributed by atoms with van der Waals surface area (Å²) in [5.41, 5.74) is -0.792. The largest absolute Gasteiger partial charge is 0.389 e. The number of fused-ring (bicyclic) bond motifs is 1. The number of thiophene rings is 1. The first-order valence-electron chi connectivity index (χ1n) is 4.83. The minimum absolute atomic E-state index is 0.216. The van der Waals surface area contributed by atoms with Crippen molar-refractivity contribution in [3.63, 3.8) is 0 Å². The quantitative estimate of drug-likeness (QED) is 0.830. The average molecular weight is 258 g/mol. The van der Waals surface area contributed by atoms with Gasteiger partial charge in [0, 0.05) is 6.54 Å². The van der Waals surface area contributed by atoms with Crippen LogP contribution in [-0.2, 0) is 0 Å². The van der Waals surface area contributed by atoms with Gasteiger partial charge in [-0.3, -0.25) is 0 Å². The van der Waals surface area contributed by atoms with Gasteiger partial charge in [-0.15, -0.1) is 11.3 Å². The number of hydrogen-bond donors (Lipinski definition) is 2. The molecule has 0 bridgehead atoms. The van der Waals surface area contributed by atoms with Crippen molar-refractivity contribution in [1.82, 2.24) is 9.97 Å². The first-order valence-corrected chi connectivity index (χ1v) is 6.08. The minimum atomic E-state index is -0.792. The molecular formula is C10H12ClN3OS. The molecule has 0 atom stereocenters. The van der Waals surface area contributed by atoms with Gasteiger partial charge in [0.15, 0.2) is 0 Å². The van der Waals surface area contributed by atoms with Crippen LogP contribution in [0, 0.1) is 0 Å². The van der Waals surface area contributed by atoms with Crippen molar-refractivity contribution < 1.29 is 5.11 Å². The van der Waals surface area contributed by atoms with Gasteiger partial charge in [-0.05, 0) is 36.9 Å². The van der Waals surface area contributed by atoms with Crippen LogP contribution < -0.4 is 5.32 Å². The highest BCUT2D eigenvalue weighted by Crippen LogP contribution is 2.26. The van der Waals surface area contributed by atoms with Crippen molar-refractivity contribution in [3.8, 4) is 0 Å². The standard InChI is InChI=1S/C10H12ClN3OS/c1-10(2,15)5-12-7-6-3-4-16-8(6)14-9(11)13-7/h3-4,15H,5H2,1-2H3,(H,12,13,14). The topological polar surface area (TPSA) is 58.0 Å². The number of halogens is 1. The molecule has 0 saturated heterocycles. The highest BCUT2D eigenvalue weighted by molar-refractivity contribution is 7.16. The third kappa shape index (κ3) is 2.61. The second-order valence-electron chi connectivity index (χ2n) is 4.15. The molecule has 86 valence electrons. The van der Waals surface area contributed by atoms with Crippen molar-refractivity contribution in [3.05, 3.63) is 16.7 Å². The second kappa shape index (κ2) is 4.16. The SMILES string of the molecule is CC(C)(O)CNc1nc(Cl)nc2sccc12. The fourth-order valence-corrected chi connectivity index (χ4v) is 2.25. The molecule has 6 heteroatoms. The number of aromatic nitrogens is 2. The molecule has 0 unspecified atom stereocenters. The average Bonchev–Trinajstić information content (AvgIpc) is 2.60. The first-order chi connectivity index (χ1) is 7.46. The first kappa shape index (κ1) is 11.6. The van der Waals surface area contributed by atoms with E-state index in [1.165, 1.54) is 11.3 Å². The Bertz CT molecular complexity index is 506. The molecule has 0 aliphatic carbocycles. The molecule has 0 aliphatic rings. The molecular weight excluding hydrogens is 246 g/mol. The van der Waals surface area contributed by atoms with E-state index in [9.17, 15) is 5.11 Å². The van der Waals surface area contributed by atoms with Crippen LogP contribution in [0.15, 0.2) is 11.4 Å². The Labute approximate surface area is 102 Å². The Kier molecular flexibility index (Phi) is 3.01. The van der Waals surface area contributed by atoms with Crippen molar-refractivity contribution in [1.29, 1.82) is 0 Å². The van der Waals surface area contributed by atoms with E-state index < -0.39 is 5.60 Å². The number of nitrogens with one attached hydrogen (secondary N) is 1. The van der Waals surface area contributed by atoms with E-state index in [4.69, 9.17) is 11.6 Å². The summed E-state index contributed by atoms with van der Waals surface area (Å²) in [5, 5.41) is 15.8. The van der Waals surface area contributed by atoms with Gasteiger partial charge in [-0.2, -0.15) is 0 Å². The summed E-state index contributed by atoms with van der Waals surface area (Å²) in [5.74, 6) is 0.665. The van der Waals surface area contributed by atoms with Crippen LogP contribution >= 0.6 is 22.9 Å². The Balaban J connectivity index is 2.32. The van der Waals surface area contributed by atoms with Gasteiger partial charge < -0.3 is 10.4 Å². The van der Waals surface area contributed by atoms with Crippen LogP contribution in [0.3, 0.4) is 0 Å². The number of hydrogen-bond acceptors (Lipinski definition) is 5. The van der Waals surface area contributed by atoms with Crippen LogP contribution in [0.4, 0.5) is 5.82 Å². The maximum absolute atomic E-state index is 9.63. The number of anilines is 1. The van der Waals surface area contributed by atoms with Crippen molar-refractivity contribution in [2.45, 2.75) is 19.4 Å². The third-order valence-corrected chi connectivity index (χ3v) is 2.96. The molecule has 2 heterocycles. The molecule has 0 aromatic carbocycles. The van der Waals surface area contributed by atoms with Gasteiger partial charge in [-0.1, -0.05) is 0 Å². The van der Waals surface area contributed by atoms with Crippen molar-refractivity contribution in [2.24, 2.45) is 0 Å². The summed E-state index contributed by atoms with van der Waals surface area (Å²) >= 11 is 7.32. The zero-order valence-corrected chi connectivity index (χ0v) is 10.6. The summed E-state index contributed by atoms with van der Waals surface area (Å²) in [4.78, 5) is 9.07. The van der Waals surface area contributed by atoms with Crippen LogP contribution in [0.25, 0.3) is 10.2 Å². The van der Waals surface area contributed by atoms with Crippen LogP contribution in [0.1, 0.15) is 13.8 Å². The fraction of sp³-hybridized carbons (Fsp3) is 0.400. The number of aliphatic hydroxyl groups is 1. The highest BCUT2D eigenvalue weighted by Gasteiger charge is 2.14. The van der Waals surface area contributed by atoms with E-state index in [1.54, 1.807) is 13.8 Å². The summed E-state index contributed by atoms with van der Waals surface area (Å²) in [6.07, 6.45) is 0. The van der Waals surface area contributed by atoms with Crippen molar-refractivity contribution in [2.75, 3.05) is 11.9 Å². The van der Waals surface area contributed by atoms with Gasteiger partial charge in [0.25, 0.3) is 0 Å². The van der Waals surface area contributed by atoms with Gasteiger partial charge >= 0.3 is 0 Å². The lowest BCUT2D eigenvalue weighted by atomic mass is 10.1. The van der Waals surface area contributed by atoms with E-state index in [-0.39, 0.29) is 5.28 Å². The lowest BCUT2D eigenvalue weighted by molar-refractivity contribution is 0.0944. The summed E-state index contributed by atoms with van der Waals surface area (Å²) in [7, 11) is 0. The highest BCUT2D eigenvalue weighted by atomic mass is 35.5. The Morgan fingerprint density at radius 1 is 1.50 bits per heavy atom. The predicted octanol–water partition coefficient (Wildman–Crippen LogP) is 2.53. The van der Waals surface area contributed by atoms with E-state index in [1.807, 2.05) is 11.4 Å². The molecule has 2 aromatic heterocycles. The zero-order valence-electron chi connectivity index (χ0n) is 8.99. The van der Waals surface area contributed by atoms with Gasteiger partial charge in [0.1, 0.15) is 10.6 Å². The van der Waals surface area contributed by atoms with Crippen LogP contribution in [-0.4, -0.2) is 27.2 Å². The number of nitrogens with zero attached hydrogens (tertiary/aromatic N) is 2. The van der Waals surface area contributed by atoms with E-state index in [0.717, 1.165) is 10.2 Å². The lowest BCUT2D eigenvalue weighted by Crippen LogP contribution is -2.29. The minimum Gasteiger partial charge on any atom is -0.389 e. The fourth-order valence-electron chi connectivity index (χ4n) is 1.26. The molecule has 2 rings (SSSR count). The Morgan fingerprint density at radius 2 is 2.25 bits per heavy atom. The second-order valence-corrected chi connectivity index (χ2v) is 5.38. The number of rotatable bonds is 3. The van der Waals surface area contributed by atoms with E-state index in [0.29, 0.717) is 12.4 Å². The molecule has 0 spiro atoms. The molecule has 0 radical (unpaired) electrons. The molecule has 0 saturated carbocycles. The summed E-state index contributed by atoms with van der Waals surface area (Å²) in [6.45, 7) is 3.87. The Hall–Kier alpha value is -0.910. The third-order valence-electron chi connectivity index (χ3n) is 1.99. The van der Waals surface area contributed by atoms with Crippen molar-refractivity contribution >= 4 is 39.0 Å². The maximum atomic E-state index is 9.63. The van der Waals surface area contributed by atoms with E-state index >= 15 is 0 Å². The molecule has 0 aliphatic heterocycles. The predicted molar refractivity (Wildman–Crippen MR) is 67.2 cm³/mol. The summed E-state index contributed by atoms with van der Waals surface area (Å²) < 4.78 is 0. The monoisotopic (exact) mass is 257 g/mol. The normalized spacial score (nSPS) is 12.0. The van der Waals surface area contributed by atoms with Gasteiger partial charge in [0.2, 0.25) is 5.28 Å². The maximum Gasteiger partial charge on any atom is 0.225 e. The smallest absolute Gasteiger partial charge is 0.225 e. The Morgan fingerprint density at radius 3 is 2.94 bits per heavy atom. The zero-order chi connectivity index (χ0) is 11.8. The van der Waals surface area contributed by atoms with Crippen LogP contribution in [0.5, 0.6) is 0 Å². The van der Waals surface area contributed by atoms with E-state index in [2.05, 4.69) is 15.3 Å². The van der Waals surface area contributed by atoms with Gasteiger partial charge in [-0.25, -0.2) is 9.97 Å². The molecule has 0 amide bonds. The molecule has 4 nitrogen and oxygen atoms in total. The summed E-state index contributed by atoms with van der Waals surface area (Å²) in [6, 6.07) is 1.93. The molecule has 16 heavy (non-hydrogen) atoms. The molecule has 2 N–H and O–H groups in total. The lowest BCUT2D eigenvalue weighted by Gasteiger charge is -2.18.